The molecule has 1 rings (SSSR count). The maximum absolute atomic E-state index is 11.9. The van der Waals surface area contributed by atoms with Crippen molar-refractivity contribution in [3.63, 3.8) is 0 Å². The lowest BCUT2D eigenvalue weighted by Crippen LogP contribution is -2.42. The molecule has 7 heteroatoms. The van der Waals surface area contributed by atoms with Crippen molar-refractivity contribution in [1.29, 1.82) is 0 Å². The van der Waals surface area contributed by atoms with E-state index in [2.05, 4.69) is 5.32 Å². The molecule has 0 fully saturated rings. The Bertz CT molecular complexity index is 508. The van der Waals surface area contributed by atoms with Crippen molar-refractivity contribution in [3.05, 3.63) is 38.9 Å². The molecule has 1 aromatic rings. The second kappa shape index (κ2) is 7.21. The van der Waals surface area contributed by atoms with Gasteiger partial charge in [-0.3, -0.25) is 14.9 Å². The quantitative estimate of drug-likeness (QED) is 0.645. The number of nitrogens with zero attached hydrogens (tertiary/aromatic N) is 2. The Hall–Kier alpha value is -1.66. The Labute approximate surface area is 122 Å². The van der Waals surface area contributed by atoms with E-state index in [-0.39, 0.29) is 18.1 Å². The van der Waals surface area contributed by atoms with Gasteiger partial charge in [0, 0.05) is 36.8 Å². The van der Waals surface area contributed by atoms with Crippen LogP contribution in [-0.2, 0) is 11.3 Å². The summed E-state index contributed by atoms with van der Waals surface area (Å²) in [6, 6.07) is 3.96. The number of hydrogen-bond acceptors (Lipinski definition) is 4. The van der Waals surface area contributed by atoms with Crippen LogP contribution in [0.2, 0.25) is 5.02 Å². The van der Waals surface area contributed by atoms with Crippen molar-refractivity contribution in [3.8, 4) is 0 Å². The van der Waals surface area contributed by atoms with E-state index in [1.165, 1.54) is 18.2 Å². The Balaban J connectivity index is 2.77. The van der Waals surface area contributed by atoms with Crippen molar-refractivity contribution >= 4 is 23.2 Å². The highest BCUT2D eigenvalue weighted by molar-refractivity contribution is 6.30. The number of rotatable bonds is 6. The Morgan fingerprint density at radius 1 is 1.55 bits per heavy atom. The first-order chi connectivity index (χ1) is 9.36. The Morgan fingerprint density at radius 3 is 2.75 bits per heavy atom. The van der Waals surface area contributed by atoms with Gasteiger partial charge in [0.05, 0.1) is 11.0 Å². The molecule has 0 bridgehead atoms. The zero-order chi connectivity index (χ0) is 15.3. The van der Waals surface area contributed by atoms with Crippen LogP contribution in [0.25, 0.3) is 0 Å². The molecule has 0 radical (unpaired) electrons. The van der Waals surface area contributed by atoms with Gasteiger partial charge in [-0.1, -0.05) is 11.6 Å². The van der Waals surface area contributed by atoms with Gasteiger partial charge in [-0.15, -0.1) is 0 Å². The zero-order valence-electron chi connectivity index (χ0n) is 11.7. The van der Waals surface area contributed by atoms with Gasteiger partial charge in [0.2, 0.25) is 5.91 Å². The first kappa shape index (κ1) is 16.4. The molecule has 0 aliphatic rings. The molecule has 1 unspecified atom stereocenters. The lowest BCUT2D eigenvalue weighted by Gasteiger charge is -2.20. The predicted molar refractivity (Wildman–Crippen MR) is 77.7 cm³/mol. The van der Waals surface area contributed by atoms with Gasteiger partial charge < -0.3 is 10.2 Å². The number of carbonyl (C=O) groups is 1. The molecular formula is C13H18ClN3O3. The van der Waals surface area contributed by atoms with E-state index in [0.717, 1.165) is 0 Å². The number of benzene rings is 1. The number of nitrogens with one attached hydrogen (secondary N) is 1. The van der Waals surface area contributed by atoms with Crippen LogP contribution in [-0.4, -0.2) is 35.4 Å². The minimum atomic E-state index is -0.460. The largest absolute Gasteiger partial charge is 0.345 e. The van der Waals surface area contributed by atoms with E-state index >= 15 is 0 Å². The number of carbonyl (C=O) groups excluding carboxylic acids is 1. The molecule has 0 spiro atoms. The molecule has 0 aliphatic carbocycles. The summed E-state index contributed by atoms with van der Waals surface area (Å²) >= 11 is 5.85. The molecule has 1 atom stereocenters. The maximum atomic E-state index is 11.9. The monoisotopic (exact) mass is 299 g/mol. The first-order valence-corrected chi connectivity index (χ1v) is 6.65. The molecule has 110 valence electrons. The van der Waals surface area contributed by atoms with E-state index in [1.54, 1.807) is 18.9 Å². The van der Waals surface area contributed by atoms with Gasteiger partial charge in [0.25, 0.3) is 5.69 Å². The van der Waals surface area contributed by atoms with Crippen molar-refractivity contribution < 1.29 is 9.72 Å². The molecule has 6 nitrogen and oxygen atoms in total. The molecular weight excluding hydrogens is 282 g/mol. The van der Waals surface area contributed by atoms with Crippen LogP contribution < -0.4 is 5.32 Å². The molecule has 0 aromatic heterocycles. The van der Waals surface area contributed by atoms with Gasteiger partial charge in [-0.05, 0) is 26.0 Å². The second-order valence-corrected chi connectivity index (χ2v) is 4.92. The number of amides is 1. The van der Waals surface area contributed by atoms with E-state index in [1.807, 2.05) is 6.92 Å². The highest BCUT2D eigenvalue weighted by atomic mass is 35.5. The summed E-state index contributed by atoms with van der Waals surface area (Å²) in [7, 11) is 1.71. The minimum absolute atomic E-state index is 0.00889. The molecule has 1 amide bonds. The maximum Gasteiger partial charge on any atom is 0.273 e. The van der Waals surface area contributed by atoms with E-state index < -0.39 is 11.0 Å². The van der Waals surface area contributed by atoms with E-state index in [0.29, 0.717) is 17.1 Å². The lowest BCUT2D eigenvalue weighted by molar-refractivity contribution is -0.385. The minimum Gasteiger partial charge on any atom is -0.345 e. The number of nitro groups is 1. The first-order valence-electron chi connectivity index (χ1n) is 6.28. The lowest BCUT2D eigenvalue weighted by atomic mass is 10.1. The summed E-state index contributed by atoms with van der Waals surface area (Å²) in [5.41, 5.74) is 0.451. The van der Waals surface area contributed by atoms with Crippen molar-refractivity contribution in [2.45, 2.75) is 26.4 Å². The fourth-order valence-corrected chi connectivity index (χ4v) is 1.91. The summed E-state index contributed by atoms with van der Waals surface area (Å²) in [5.74, 6) is -0.0582. The van der Waals surface area contributed by atoms with Gasteiger partial charge in [0.15, 0.2) is 0 Å². The SMILES string of the molecule is CCN(C)C(=O)C(C)NCc1cc(Cl)ccc1[N+](=O)[O-]. The summed E-state index contributed by atoms with van der Waals surface area (Å²) in [5, 5.41) is 14.3. The molecule has 20 heavy (non-hydrogen) atoms. The third-order valence-corrected chi connectivity index (χ3v) is 3.29. The van der Waals surface area contributed by atoms with Gasteiger partial charge in [-0.25, -0.2) is 0 Å². The third kappa shape index (κ3) is 4.18. The van der Waals surface area contributed by atoms with Crippen molar-refractivity contribution in [2.24, 2.45) is 0 Å². The van der Waals surface area contributed by atoms with E-state index in [4.69, 9.17) is 11.6 Å². The predicted octanol–water partition coefficient (Wildman–Crippen LogP) is 2.20. The zero-order valence-corrected chi connectivity index (χ0v) is 12.5. The molecule has 0 aliphatic heterocycles. The van der Waals surface area contributed by atoms with Crippen LogP contribution in [0.4, 0.5) is 5.69 Å². The fourth-order valence-electron chi connectivity index (χ4n) is 1.71. The summed E-state index contributed by atoms with van der Waals surface area (Å²) in [4.78, 5) is 23.9. The average molecular weight is 300 g/mol. The van der Waals surface area contributed by atoms with Gasteiger partial charge >= 0.3 is 0 Å². The number of nitro benzene ring substituents is 1. The number of likely N-dealkylation sites (N-methyl/N-ethyl adjacent to an activating group) is 1. The van der Waals surface area contributed by atoms with Crippen LogP contribution in [0, 0.1) is 10.1 Å². The van der Waals surface area contributed by atoms with Crippen LogP contribution >= 0.6 is 11.6 Å². The van der Waals surface area contributed by atoms with Gasteiger partial charge in [0.1, 0.15) is 0 Å². The van der Waals surface area contributed by atoms with E-state index in [9.17, 15) is 14.9 Å². The highest BCUT2D eigenvalue weighted by Crippen LogP contribution is 2.22. The number of hydrogen-bond donors (Lipinski definition) is 1. The summed E-state index contributed by atoms with van der Waals surface area (Å²) in [6.07, 6.45) is 0. The smallest absolute Gasteiger partial charge is 0.273 e. The van der Waals surface area contributed by atoms with Crippen molar-refractivity contribution in [1.82, 2.24) is 10.2 Å². The molecule has 0 heterocycles. The van der Waals surface area contributed by atoms with Crippen LogP contribution in [0.15, 0.2) is 18.2 Å². The Kier molecular flexibility index (Phi) is 5.91. The third-order valence-electron chi connectivity index (χ3n) is 3.06. The standard InChI is InChI=1S/C13H18ClN3O3/c1-4-16(3)13(18)9(2)15-8-10-7-11(14)5-6-12(10)17(19)20/h5-7,9,15H,4,8H2,1-3H3. The normalized spacial score (nSPS) is 12.0. The molecule has 1 aromatic carbocycles. The molecule has 0 saturated heterocycles. The molecule has 1 N–H and O–H groups in total. The van der Waals surface area contributed by atoms with Gasteiger partial charge in [-0.2, -0.15) is 0 Å². The number of halogens is 1. The van der Waals surface area contributed by atoms with Crippen molar-refractivity contribution in [2.75, 3.05) is 13.6 Å². The second-order valence-electron chi connectivity index (χ2n) is 4.49. The highest BCUT2D eigenvalue weighted by Gasteiger charge is 2.18. The topological polar surface area (TPSA) is 75.5 Å². The average Bonchev–Trinajstić information content (AvgIpc) is 2.42. The summed E-state index contributed by atoms with van der Waals surface area (Å²) < 4.78 is 0. The van der Waals surface area contributed by atoms with Crippen LogP contribution in [0.5, 0.6) is 0 Å². The summed E-state index contributed by atoms with van der Waals surface area (Å²) in [6.45, 7) is 4.43. The fraction of sp³-hybridized carbons (Fsp3) is 0.462. The van der Waals surface area contributed by atoms with Crippen LogP contribution in [0.1, 0.15) is 19.4 Å². The molecule has 0 saturated carbocycles. The van der Waals surface area contributed by atoms with Crippen LogP contribution in [0.3, 0.4) is 0 Å². The Morgan fingerprint density at radius 2 is 2.20 bits per heavy atom.